The predicted molar refractivity (Wildman–Crippen MR) is 68.6 cm³/mol. The van der Waals surface area contributed by atoms with Crippen molar-refractivity contribution < 1.29 is 4.39 Å². The summed E-state index contributed by atoms with van der Waals surface area (Å²) in [6, 6.07) is 13.0. The average molecular weight is 227 g/mol. The van der Waals surface area contributed by atoms with Crippen LogP contribution in [0.3, 0.4) is 0 Å². The van der Waals surface area contributed by atoms with Crippen molar-refractivity contribution in [2.75, 3.05) is 11.9 Å². The van der Waals surface area contributed by atoms with Crippen LogP contribution in [0.2, 0.25) is 0 Å². The van der Waals surface area contributed by atoms with Gasteiger partial charge in [0.2, 0.25) is 0 Å². The number of hydrogen-bond donors (Lipinski definition) is 1. The van der Waals surface area contributed by atoms with Crippen molar-refractivity contribution in [3.8, 4) is 11.1 Å². The quantitative estimate of drug-likeness (QED) is 0.780. The van der Waals surface area contributed by atoms with Gasteiger partial charge >= 0.3 is 0 Å². The molecule has 1 aliphatic heterocycles. The van der Waals surface area contributed by atoms with Crippen molar-refractivity contribution in [1.82, 2.24) is 0 Å². The molecule has 3 rings (SSSR count). The molecule has 0 spiro atoms. The fraction of sp³-hybridized carbons (Fsp3) is 0.200. The number of halogens is 1. The van der Waals surface area contributed by atoms with Crippen LogP contribution in [0, 0.1) is 5.82 Å². The first-order valence-electron chi connectivity index (χ1n) is 5.96. The number of para-hydroxylation sites is 1. The molecule has 0 atom stereocenters. The molecule has 0 amide bonds. The fourth-order valence-electron chi connectivity index (χ4n) is 2.38. The van der Waals surface area contributed by atoms with Gasteiger partial charge in [0.05, 0.1) is 0 Å². The Morgan fingerprint density at radius 2 is 1.82 bits per heavy atom. The molecule has 0 fully saturated rings. The van der Waals surface area contributed by atoms with E-state index in [1.165, 1.54) is 35.4 Å². The van der Waals surface area contributed by atoms with E-state index in [1.807, 2.05) is 12.1 Å². The first kappa shape index (κ1) is 10.3. The van der Waals surface area contributed by atoms with Gasteiger partial charge in [-0.2, -0.15) is 0 Å². The van der Waals surface area contributed by atoms with Gasteiger partial charge in [-0.1, -0.05) is 30.3 Å². The van der Waals surface area contributed by atoms with Crippen molar-refractivity contribution in [2.45, 2.75) is 12.8 Å². The maximum atomic E-state index is 12.9. The molecule has 0 aromatic heterocycles. The Labute approximate surface area is 100 Å². The van der Waals surface area contributed by atoms with Crippen LogP contribution < -0.4 is 5.32 Å². The summed E-state index contributed by atoms with van der Waals surface area (Å²) >= 11 is 0. The molecule has 0 radical (unpaired) electrons. The molecular weight excluding hydrogens is 213 g/mol. The van der Waals surface area contributed by atoms with E-state index >= 15 is 0 Å². The molecule has 1 N–H and O–H groups in total. The zero-order valence-corrected chi connectivity index (χ0v) is 9.54. The first-order valence-corrected chi connectivity index (χ1v) is 5.96. The second-order valence-electron chi connectivity index (χ2n) is 4.38. The topological polar surface area (TPSA) is 12.0 Å². The summed E-state index contributed by atoms with van der Waals surface area (Å²) in [5.41, 5.74) is 4.81. The molecule has 2 aromatic carbocycles. The highest BCUT2D eigenvalue weighted by atomic mass is 19.1. The lowest BCUT2D eigenvalue weighted by Crippen LogP contribution is -2.12. The molecule has 86 valence electrons. The molecule has 17 heavy (non-hydrogen) atoms. The number of nitrogens with one attached hydrogen (secondary N) is 1. The lowest BCUT2D eigenvalue weighted by atomic mass is 9.95. The Morgan fingerprint density at radius 1 is 1.00 bits per heavy atom. The van der Waals surface area contributed by atoms with Gasteiger partial charge in [-0.3, -0.25) is 0 Å². The van der Waals surface area contributed by atoms with E-state index < -0.39 is 0 Å². The molecule has 1 nitrogen and oxygen atoms in total. The van der Waals surface area contributed by atoms with Crippen molar-refractivity contribution in [1.29, 1.82) is 0 Å². The van der Waals surface area contributed by atoms with Gasteiger partial charge in [0.15, 0.2) is 0 Å². The van der Waals surface area contributed by atoms with Gasteiger partial charge in [-0.15, -0.1) is 0 Å². The van der Waals surface area contributed by atoms with E-state index in [0.717, 1.165) is 18.5 Å². The number of hydrogen-bond acceptors (Lipinski definition) is 1. The van der Waals surface area contributed by atoms with Crippen molar-refractivity contribution in [2.24, 2.45) is 0 Å². The molecule has 0 saturated heterocycles. The van der Waals surface area contributed by atoms with E-state index in [2.05, 4.69) is 23.5 Å². The number of anilines is 1. The fourth-order valence-corrected chi connectivity index (χ4v) is 2.38. The van der Waals surface area contributed by atoms with Crippen molar-refractivity contribution >= 4 is 5.69 Å². The summed E-state index contributed by atoms with van der Waals surface area (Å²) in [6.07, 6.45) is 2.30. The van der Waals surface area contributed by atoms with Gasteiger partial charge < -0.3 is 5.32 Å². The van der Waals surface area contributed by atoms with Crippen LogP contribution in [0.15, 0.2) is 42.5 Å². The van der Waals surface area contributed by atoms with Crippen LogP contribution in [0.4, 0.5) is 10.1 Å². The Kier molecular flexibility index (Phi) is 2.56. The number of benzene rings is 2. The molecule has 1 aliphatic rings. The standard InChI is InChI=1S/C15H14FN/c16-13-8-6-11(7-9-13)14-5-1-3-12-4-2-10-17-15(12)14/h1,3,5-9,17H,2,4,10H2. The molecule has 0 aliphatic carbocycles. The molecule has 0 saturated carbocycles. The summed E-state index contributed by atoms with van der Waals surface area (Å²) < 4.78 is 12.9. The third-order valence-electron chi connectivity index (χ3n) is 3.23. The highest BCUT2D eigenvalue weighted by molar-refractivity contribution is 5.80. The SMILES string of the molecule is Fc1ccc(-c2cccc3c2NCCC3)cc1. The second kappa shape index (κ2) is 4.21. The van der Waals surface area contributed by atoms with E-state index in [0.29, 0.717) is 0 Å². The first-order chi connectivity index (χ1) is 8.34. The smallest absolute Gasteiger partial charge is 0.123 e. The normalized spacial score (nSPS) is 13.9. The van der Waals surface area contributed by atoms with Crippen LogP contribution in [0.25, 0.3) is 11.1 Å². The minimum absolute atomic E-state index is 0.188. The van der Waals surface area contributed by atoms with E-state index in [1.54, 1.807) is 0 Å². The summed E-state index contributed by atoms with van der Waals surface area (Å²) in [6.45, 7) is 1.02. The number of rotatable bonds is 1. The molecule has 1 heterocycles. The minimum Gasteiger partial charge on any atom is -0.384 e. The van der Waals surface area contributed by atoms with Gasteiger partial charge in [0, 0.05) is 17.8 Å². The molecular formula is C15H14FN. The average Bonchev–Trinajstić information content (AvgIpc) is 2.39. The van der Waals surface area contributed by atoms with E-state index in [9.17, 15) is 4.39 Å². The van der Waals surface area contributed by atoms with Crippen LogP contribution in [-0.2, 0) is 6.42 Å². The molecule has 2 aromatic rings. The van der Waals surface area contributed by atoms with Crippen LogP contribution >= 0.6 is 0 Å². The number of aryl methyl sites for hydroxylation is 1. The lowest BCUT2D eigenvalue weighted by molar-refractivity contribution is 0.628. The Morgan fingerprint density at radius 3 is 2.65 bits per heavy atom. The van der Waals surface area contributed by atoms with E-state index in [-0.39, 0.29) is 5.82 Å². The van der Waals surface area contributed by atoms with Gasteiger partial charge in [-0.05, 0) is 36.1 Å². The number of fused-ring (bicyclic) bond motifs is 1. The molecule has 2 heteroatoms. The van der Waals surface area contributed by atoms with Crippen molar-refractivity contribution in [3.05, 3.63) is 53.8 Å². The zero-order chi connectivity index (χ0) is 11.7. The Bertz CT molecular complexity index is 531. The Balaban J connectivity index is 2.11. The highest BCUT2D eigenvalue weighted by Crippen LogP contribution is 2.33. The third kappa shape index (κ3) is 1.91. The monoisotopic (exact) mass is 227 g/mol. The van der Waals surface area contributed by atoms with Crippen LogP contribution in [0.1, 0.15) is 12.0 Å². The zero-order valence-electron chi connectivity index (χ0n) is 9.54. The van der Waals surface area contributed by atoms with Crippen molar-refractivity contribution in [3.63, 3.8) is 0 Å². The summed E-state index contributed by atoms with van der Waals surface area (Å²) in [5, 5.41) is 3.45. The van der Waals surface area contributed by atoms with Gasteiger partial charge in [-0.25, -0.2) is 4.39 Å². The summed E-state index contributed by atoms with van der Waals surface area (Å²) in [7, 11) is 0. The minimum atomic E-state index is -0.188. The lowest BCUT2D eigenvalue weighted by Gasteiger charge is -2.21. The molecule has 0 bridgehead atoms. The second-order valence-corrected chi connectivity index (χ2v) is 4.38. The maximum absolute atomic E-state index is 12.9. The largest absolute Gasteiger partial charge is 0.384 e. The van der Waals surface area contributed by atoms with Crippen LogP contribution in [0.5, 0.6) is 0 Å². The summed E-state index contributed by atoms with van der Waals surface area (Å²) in [4.78, 5) is 0. The molecule has 0 unspecified atom stereocenters. The van der Waals surface area contributed by atoms with E-state index in [4.69, 9.17) is 0 Å². The third-order valence-corrected chi connectivity index (χ3v) is 3.23. The highest BCUT2D eigenvalue weighted by Gasteiger charge is 2.13. The Hall–Kier alpha value is -1.83. The van der Waals surface area contributed by atoms with Crippen LogP contribution in [-0.4, -0.2) is 6.54 Å². The van der Waals surface area contributed by atoms with Gasteiger partial charge in [0.25, 0.3) is 0 Å². The predicted octanol–water partition coefficient (Wildman–Crippen LogP) is 3.85. The van der Waals surface area contributed by atoms with Gasteiger partial charge in [0.1, 0.15) is 5.82 Å². The summed E-state index contributed by atoms with van der Waals surface area (Å²) in [5.74, 6) is -0.188. The maximum Gasteiger partial charge on any atom is 0.123 e.